The van der Waals surface area contributed by atoms with Gasteiger partial charge in [0.2, 0.25) is 5.91 Å². The van der Waals surface area contributed by atoms with Crippen molar-refractivity contribution in [2.45, 2.75) is 45.8 Å². The van der Waals surface area contributed by atoms with E-state index in [0.29, 0.717) is 23.9 Å². The molecule has 0 aliphatic carbocycles. The van der Waals surface area contributed by atoms with Crippen molar-refractivity contribution < 1.29 is 9.59 Å². The maximum atomic E-state index is 12.8. The molecule has 2 rings (SSSR count). The van der Waals surface area contributed by atoms with Crippen molar-refractivity contribution in [3.05, 3.63) is 22.4 Å². The highest BCUT2D eigenvalue weighted by atomic mass is 79.9. The largest absolute Gasteiger partial charge is 0.350 e. The number of hydrogen-bond acceptors (Lipinski definition) is 3. The molecule has 0 aromatic carbocycles. The quantitative estimate of drug-likeness (QED) is 0.867. The summed E-state index contributed by atoms with van der Waals surface area (Å²) in [5.74, 6) is 1.01. The lowest BCUT2D eigenvalue weighted by molar-refractivity contribution is -0.125. The molecule has 1 aromatic rings. The van der Waals surface area contributed by atoms with Gasteiger partial charge in [0.05, 0.1) is 5.88 Å². The summed E-state index contributed by atoms with van der Waals surface area (Å²) in [5, 5.41) is 2.97. The van der Waals surface area contributed by atoms with Gasteiger partial charge in [-0.3, -0.25) is 9.59 Å². The van der Waals surface area contributed by atoms with Gasteiger partial charge in [0, 0.05) is 28.5 Å². The number of nitrogens with one attached hydrogen (secondary N) is 1. The number of thioether (sulfide) groups is 1. The number of carbonyl (C=O) groups excluding carboxylic acids is 2. The van der Waals surface area contributed by atoms with E-state index in [9.17, 15) is 9.59 Å². The zero-order chi connectivity index (χ0) is 16.5. The Balaban J connectivity index is 2.19. The second kappa shape index (κ2) is 6.66. The molecule has 0 bridgehead atoms. The van der Waals surface area contributed by atoms with E-state index in [2.05, 4.69) is 21.2 Å². The van der Waals surface area contributed by atoms with Gasteiger partial charge in [0.1, 0.15) is 11.7 Å². The third kappa shape index (κ3) is 3.87. The molecule has 2 heterocycles. The molecule has 122 valence electrons. The highest BCUT2D eigenvalue weighted by molar-refractivity contribution is 9.10. The van der Waals surface area contributed by atoms with E-state index in [1.165, 1.54) is 0 Å². The SMILES string of the molecule is CCn1cc(Br)cc1C(=O)N1CSCC1C(=O)NC(C)(C)C. The van der Waals surface area contributed by atoms with Gasteiger partial charge in [-0.2, -0.15) is 0 Å². The van der Waals surface area contributed by atoms with Crippen LogP contribution in [-0.2, 0) is 11.3 Å². The van der Waals surface area contributed by atoms with Crippen molar-refractivity contribution >= 4 is 39.5 Å². The fourth-order valence-corrected chi connectivity index (χ4v) is 3.99. The minimum atomic E-state index is -0.407. The summed E-state index contributed by atoms with van der Waals surface area (Å²) in [5.41, 5.74) is 0.316. The van der Waals surface area contributed by atoms with Gasteiger partial charge in [-0.05, 0) is 49.7 Å². The molecular formula is C15H22BrN3O2S. The summed E-state index contributed by atoms with van der Waals surface area (Å²) < 4.78 is 2.77. The molecule has 5 nitrogen and oxygen atoms in total. The van der Waals surface area contributed by atoms with E-state index in [4.69, 9.17) is 0 Å². The molecule has 0 radical (unpaired) electrons. The first-order chi connectivity index (χ1) is 10.2. The van der Waals surface area contributed by atoms with E-state index in [0.717, 1.165) is 4.47 Å². The van der Waals surface area contributed by atoms with E-state index in [1.54, 1.807) is 16.7 Å². The lowest BCUT2D eigenvalue weighted by Gasteiger charge is -2.27. The lowest BCUT2D eigenvalue weighted by atomic mass is 10.1. The second-order valence-corrected chi connectivity index (χ2v) is 8.27. The second-order valence-electron chi connectivity index (χ2n) is 6.36. The third-order valence-corrected chi connectivity index (χ3v) is 4.81. The number of carbonyl (C=O) groups is 2. The topological polar surface area (TPSA) is 54.3 Å². The van der Waals surface area contributed by atoms with Crippen LogP contribution in [0.2, 0.25) is 0 Å². The van der Waals surface area contributed by atoms with Crippen LogP contribution in [0.25, 0.3) is 0 Å². The zero-order valence-corrected chi connectivity index (χ0v) is 15.8. The maximum Gasteiger partial charge on any atom is 0.271 e. The molecule has 1 aliphatic rings. The summed E-state index contributed by atoms with van der Waals surface area (Å²) in [7, 11) is 0. The molecule has 0 spiro atoms. The van der Waals surface area contributed by atoms with Crippen molar-refractivity contribution in [2.24, 2.45) is 0 Å². The highest BCUT2D eigenvalue weighted by Crippen LogP contribution is 2.25. The molecule has 2 amide bonds. The monoisotopic (exact) mass is 387 g/mol. The van der Waals surface area contributed by atoms with Crippen LogP contribution < -0.4 is 5.32 Å². The number of rotatable bonds is 3. The Bertz CT molecular complexity index is 580. The summed E-state index contributed by atoms with van der Waals surface area (Å²) in [4.78, 5) is 26.9. The lowest BCUT2D eigenvalue weighted by Crippen LogP contribution is -2.52. The Morgan fingerprint density at radius 3 is 2.73 bits per heavy atom. The molecule has 1 aromatic heterocycles. The van der Waals surface area contributed by atoms with Crippen molar-refractivity contribution in [1.82, 2.24) is 14.8 Å². The normalized spacial score (nSPS) is 18.6. The molecule has 1 unspecified atom stereocenters. The van der Waals surface area contributed by atoms with Gasteiger partial charge in [0.15, 0.2) is 0 Å². The van der Waals surface area contributed by atoms with Crippen molar-refractivity contribution in [2.75, 3.05) is 11.6 Å². The van der Waals surface area contributed by atoms with E-state index in [1.807, 2.05) is 44.5 Å². The first-order valence-corrected chi connectivity index (χ1v) is 9.24. The average molecular weight is 388 g/mol. The molecule has 7 heteroatoms. The minimum absolute atomic E-state index is 0.0838. The van der Waals surface area contributed by atoms with Gasteiger partial charge in [-0.25, -0.2) is 0 Å². The fourth-order valence-electron chi connectivity index (χ4n) is 2.38. The number of aryl methyl sites for hydroxylation is 1. The number of amides is 2. The zero-order valence-electron chi connectivity index (χ0n) is 13.4. The van der Waals surface area contributed by atoms with E-state index in [-0.39, 0.29) is 17.4 Å². The fraction of sp³-hybridized carbons (Fsp3) is 0.600. The third-order valence-electron chi connectivity index (χ3n) is 3.37. The number of hydrogen-bond donors (Lipinski definition) is 1. The van der Waals surface area contributed by atoms with Gasteiger partial charge in [-0.15, -0.1) is 11.8 Å². The number of nitrogens with zero attached hydrogens (tertiary/aromatic N) is 2. The molecule has 1 atom stereocenters. The molecule has 0 saturated carbocycles. The van der Waals surface area contributed by atoms with Crippen molar-refractivity contribution in [1.29, 1.82) is 0 Å². The highest BCUT2D eigenvalue weighted by Gasteiger charge is 2.37. The van der Waals surface area contributed by atoms with Gasteiger partial charge >= 0.3 is 0 Å². The van der Waals surface area contributed by atoms with Gasteiger partial charge in [0.25, 0.3) is 5.91 Å². The van der Waals surface area contributed by atoms with Crippen LogP contribution in [0.3, 0.4) is 0 Å². The van der Waals surface area contributed by atoms with Gasteiger partial charge in [-0.1, -0.05) is 0 Å². The first-order valence-electron chi connectivity index (χ1n) is 7.29. The molecule has 1 aliphatic heterocycles. The van der Waals surface area contributed by atoms with E-state index >= 15 is 0 Å². The number of halogens is 1. The standard InChI is InChI=1S/C15H22BrN3O2S/c1-5-18-7-10(16)6-11(18)14(21)19-9-22-8-12(19)13(20)17-15(2,3)4/h6-7,12H,5,8-9H2,1-4H3,(H,17,20). The van der Waals surface area contributed by atoms with Crippen molar-refractivity contribution in [3.8, 4) is 0 Å². The molecule has 1 fully saturated rings. The van der Waals surface area contributed by atoms with Crippen LogP contribution in [0.4, 0.5) is 0 Å². The predicted molar refractivity (Wildman–Crippen MR) is 93.0 cm³/mol. The van der Waals surface area contributed by atoms with E-state index < -0.39 is 6.04 Å². The minimum Gasteiger partial charge on any atom is -0.350 e. The molecular weight excluding hydrogens is 366 g/mol. The summed E-state index contributed by atoms with van der Waals surface area (Å²) >= 11 is 5.02. The van der Waals surface area contributed by atoms with Crippen LogP contribution in [0.1, 0.15) is 38.2 Å². The number of aromatic nitrogens is 1. The first kappa shape index (κ1) is 17.4. The maximum absolute atomic E-state index is 12.8. The summed E-state index contributed by atoms with van der Waals surface area (Å²) in [6.45, 7) is 8.54. The summed E-state index contributed by atoms with van der Waals surface area (Å²) in [6, 6.07) is 1.41. The molecule has 1 saturated heterocycles. The Labute approximate surface area is 143 Å². The Kier molecular flexibility index (Phi) is 5.27. The summed E-state index contributed by atoms with van der Waals surface area (Å²) in [6.07, 6.45) is 1.89. The average Bonchev–Trinajstić information content (AvgIpc) is 3.01. The molecule has 1 N–H and O–H groups in total. The molecule has 22 heavy (non-hydrogen) atoms. The Hall–Kier alpha value is -0.950. The van der Waals surface area contributed by atoms with Crippen LogP contribution >= 0.6 is 27.7 Å². The van der Waals surface area contributed by atoms with Gasteiger partial charge < -0.3 is 14.8 Å². The van der Waals surface area contributed by atoms with Crippen LogP contribution in [-0.4, -0.2) is 44.5 Å². The van der Waals surface area contributed by atoms with Crippen LogP contribution in [0.15, 0.2) is 16.7 Å². The Morgan fingerprint density at radius 1 is 1.45 bits per heavy atom. The smallest absolute Gasteiger partial charge is 0.271 e. The van der Waals surface area contributed by atoms with Crippen LogP contribution in [0.5, 0.6) is 0 Å². The van der Waals surface area contributed by atoms with Crippen molar-refractivity contribution in [3.63, 3.8) is 0 Å². The predicted octanol–water partition coefficient (Wildman–Crippen LogP) is 2.70. The van der Waals surface area contributed by atoms with Crippen LogP contribution in [0, 0.1) is 0 Å². The Morgan fingerprint density at radius 2 is 2.14 bits per heavy atom.